The summed E-state index contributed by atoms with van der Waals surface area (Å²) in [4.78, 5) is 11.9. The van der Waals surface area contributed by atoms with E-state index in [9.17, 15) is 13.2 Å². The zero-order chi connectivity index (χ0) is 21.6. The van der Waals surface area contributed by atoms with Gasteiger partial charge in [0.15, 0.2) is 0 Å². The van der Waals surface area contributed by atoms with Crippen molar-refractivity contribution in [3.63, 3.8) is 0 Å². The van der Waals surface area contributed by atoms with Crippen LogP contribution in [0.5, 0.6) is 17.2 Å². The average Bonchev–Trinajstić information content (AvgIpc) is 2.72. The molecule has 0 atom stereocenters. The topological polar surface area (TPSA) is 91.4 Å². The van der Waals surface area contributed by atoms with E-state index < -0.39 is 22.5 Å². The third kappa shape index (κ3) is 5.04. The third-order valence-electron chi connectivity index (χ3n) is 3.95. The summed E-state index contributed by atoms with van der Waals surface area (Å²) >= 11 is 6.12. The van der Waals surface area contributed by atoms with Gasteiger partial charge in [0.25, 0.3) is 10.0 Å². The van der Waals surface area contributed by atoms with Crippen LogP contribution in [0.15, 0.2) is 41.3 Å². The van der Waals surface area contributed by atoms with Gasteiger partial charge in [-0.3, -0.25) is 9.10 Å². The molecule has 10 heteroatoms. The number of methoxy groups -OCH3 is 3. The summed E-state index contributed by atoms with van der Waals surface area (Å²) in [5.41, 5.74) is 0.0769. The maximum atomic E-state index is 13.4. The predicted molar refractivity (Wildman–Crippen MR) is 109 cm³/mol. The highest BCUT2D eigenvalue weighted by molar-refractivity contribution is 7.92. The second kappa shape index (κ2) is 9.71. The average molecular weight is 444 g/mol. The summed E-state index contributed by atoms with van der Waals surface area (Å²) < 4.78 is 48.1. The van der Waals surface area contributed by atoms with E-state index in [2.05, 4.69) is 4.74 Å². The van der Waals surface area contributed by atoms with Crippen molar-refractivity contribution in [1.29, 1.82) is 0 Å². The Morgan fingerprint density at radius 2 is 1.66 bits per heavy atom. The van der Waals surface area contributed by atoms with Crippen LogP contribution in [0, 0.1) is 0 Å². The third-order valence-corrected chi connectivity index (χ3v) is 6.01. The molecule has 2 aromatic carbocycles. The number of carbonyl (C=O) groups excluding carboxylic acids is 1. The largest absolute Gasteiger partial charge is 0.495 e. The fourth-order valence-electron chi connectivity index (χ4n) is 2.52. The zero-order valence-corrected chi connectivity index (χ0v) is 18.0. The second-order valence-electron chi connectivity index (χ2n) is 5.65. The lowest BCUT2D eigenvalue weighted by atomic mass is 10.2. The van der Waals surface area contributed by atoms with Crippen LogP contribution in [0.3, 0.4) is 0 Å². The number of nitrogens with zero attached hydrogens (tertiary/aromatic N) is 1. The highest BCUT2D eigenvalue weighted by Gasteiger charge is 2.31. The molecule has 0 N–H and O–H groups in total. The second-order valence-corrected chi connectivity index (χ2v) is 7.92. The molecule has 0 aliphatic rings. The van der Waals surface area contributed by atoms with Crippen LogP contribution in [-0.2, 0) is 19.6 Å². The van der Waals surface area contributed by atoms with Crippen LogP contribution in [0.25, 0.3) is 0 Å². The number of rotatable bonds is 9. The Morgan fingerprint density at radius 3 is 2.17 bits per heavy atom. The first-order chi connectivity index (χ1) is 13.8. The first kappa shape index (κ1) is 22.6. The van der Waals surface area contributed by atoms with Crippen LogP contribution in [0.4, 0.5) is 5.69 Å². The Bertz CT molecular complexity index is 961. The molecule has 0 aliphatic carbocycles. The minimum atomic E-state index is -4.16. The van der Waals surface area contributed by atoms with Gasteiger partial charge in [0.1, 0.15) is 23.8 Å². The molecule has 0 aromatic heterocycles. The van der Waals surface area contributed by atoms with Crippen LogP contribution in [0.2, 0.25) is 5.02 Å². The summed E-state index contributed by atoms with van der Waals surface area (Å²) in [7, 11) is -0.238. The van der Waals surface area contributed by atoms with Crippen LogP contribution in [-0.4, -0.2) is 48.9 Å². The maximum absolute atomic E-state index is 13.4. The fraction of sp³-hybridized carbons (Fsp3) is 0.316. The van der Waals surface area contributed by atoms with Crippen LogP contribution >= 0.6 is 11.6 Å². The van der Waals surface area contributed by atoms with E-state index >= 15 is 0 Å². The molecule has 0 amide bonds. The van der Waals surface area contributed by atoms with E-state index in [1.54, 1.807) is 0 Å². The SMILES string of the molecule is CCOc1ccc(S(=O)(=O)N(CC(=O)OC)c2cc(OC)c(Cl)cc2OC)cc1. The van der Waals surface area contributed by atoms with Crippen molar-refractivity contribution in [1.82, 2.24) is 0 Å². The van der Waals surface area contributed by atoms with Crippen LogP contribution in [0.1, 0.15) is 6.92 Å². The van der Waals surface area contributed by atoms with Gasteiger partial charge < -0.3 is 18.9 Å². The fourth-order valence-corrected chi connectivity index (χ4v) is 4.16. The molecule has 0 fully saturated rings. The van der Waals surface area contributed by atoms with Gasteiger partial charge in [0, 0.05) is 12.1 Å². The number of hydrogen-bond acceptors (Lipinski definition) is 7. The Hall–Kier alpha value is -2.65. The summed E-state index contributed by atoms with van der Waals surface area (Å²) in [5.74, 6) is 0.139. The molecule has 158 valence electrons. The van der Waals surface area contributed by atoms with Crippen molar-refractivity contribution >= 4 is 33.3 Å². The van der Waals surface area contributed by atoms with Gasteiger partial charge in [0.2, 0.25) is 0 Å². The molecule has 0 saturated carbocycles. The van der Waals surface area contributed by atoms with Gasteiger partial charge in [-0.05, 0) is 31.2 Å². The number of halogens is 1. The molecule has 29 heavy (non-hydrogen) atoms. The Kier molecular flexibility index (Phi) is 7.58. The first-order valence-electron chi connectivity index (χ1n) is 8.52. The van der Waals surface area contributed by atoms with E-state index in [-0.39, 0.29) is 27.1 Å². The standard InChI is InChI=1S/C19H22ClNO7S/c1-5-28-13-6-8-14(9-7-13)29(23,24)21(12-19(22)27-4)16-11-17(25-2)15(20)10-18(16)26-3/h6-11H,5,12H2,1-4H3. The maximum Gasteiger partial charge on any atom is 0.326 e. The van der Waals surface area contributed by atoms with Gasteiger partial charge >= 0.3 is 5.97 Å². The van der Waals surface area contributed by atoms with Crippen molar-refractivity contribution in [2.75, 3.05) is 38.8 Å². The highest BCUT2D eigenvalue weighted by Crippen LogP contribution is 2.40. The number of esters is 1. The van der Waals surface area contributed by atoms with Gasteiger partial charge in [-0.2, -0.15) is 0 Å². The highest BCUT2D eigenvalue weighted by atomic mass is 35.5. The van der Waals surface area contributed by atoms with Crippen molar-refractivity contribution in [2.24, 2.45) is 0 Å². The molecule has 0 bridgehead atoms. The molecule has 2 rings (SSSR count). The lowest BCUT2D eigenvalue weighted by Crippen LogP contribution is -2.36. The minimum absolute atomic E-state index is 0.0409. The lowest BCUT2D eigenvalue weighted by molar-refractivity contribution is -0.138. The molecule has 0 saturated heterocycles. The summed E-state index contributed by atoms with van der Waals surface area (Å²) in [6.45, 7) is 1.69. The van der Waals surface area contributed by atoms with Gasteiger partial charge in [0.05, 0.1) is 43.5 Å². The Labute approximate surface area is 174 Å². The number of sulfonamides is 1. The zero-order valence-electron chi connectivity index (χ0n) is 16.5. The number of benzene rings is 2. The van der Waals surface area contributed by atoms with E-state index in [0.29, 0.717) is 12.4 Å². The molecule has 2 aromatic rings. The Morgan fingerprint density at radius 1 is 1.03 bits per heavy atom. The molecule has 0 heterocycles. The summed E-state index contributed by atoms with van der Waals surface area (Å²) in [6.07, 6.45) is 0. The van der Waals surface area contributed by atoms with Gasteiger partial charge in [-0.1, -0.05) is 11.6 Å². The number of anilines is 1. The lowest BCUT2D eigenvalue weighted by Gasteiger charge is -2.25. The van der Waals surface area contributed by atoms with Crippen LogP contribution < -0.4 is 18.5 Å². The van der Waals surface area contributed by atoms with Crippen molar-refractivity contribution in [3.8, 4) is 17.2 Å². The monoisotopic (exact) mass is 443 g/mol. The number of hydrogen-bond donors (Lipinski definition) is 0. The molecule has 0 aliphatic heterocycles. The van der Waals surface area contributed by atoms with E-state index in [1.807, 2.05) is 6.92 Å². The predicted octanol–water partition coefficient (Wildman–Crippen LogP) is 3.12. The number of carbonyl (C=O) groups is 1. The number of ether oxygens (including phenoxy) is 4. The van der Waals surface area contributed by atoms with Crippen molar-refractivity contribution in [3.05, 3.63) is 41.4 Å². The molecule has 0 radical (unpaired) electrons. The smallest absolute Gasteiger partial charge is 0.326 e. The van der Waals surface area contributed by atoms with Gasteiger partial charge in [-0.15, -0.1) is 0 Å². The Balaban J connectivity index is 2.62. The van der Waals surface area contributed by atoms with E-state index in [1.165, 1.54) is 57.7 Å². The minimum Gasteiger partial charge on any atom is -0.495 e. The van der Waals surface area contributed by atoms with E-state index in [4.69, 9.17) is 25.8 Å². The normalized spacial score (nSPS) is 10.9. The molecule has 0 spiro atoms. The molecular formula is C19H22ClNO7S. The molecule has 0 unspecified atom stereocenters. The van der Waals surface area contributed by atoms with Gasteiger partial charge in [-0.25, -0.2) is 8.42 Å². The van der Waals surface area contributed by atoms with Crippen molar-refractivity contribution in [2.45, 2.75) is 11.8 Å². The first-order valence-corrected chi connectivity index (χ1v) is 10.3. The summed E-state index contributed by atoms with van der Waals surface area (Å²) in [5, 5.41) is 0.226. The molecular weight excluding hydrogens is 422 g/mol. The quantitative estimate of drug-likeness (QED) is 0.550. The van der Waals surface area contributed by atoms with Crippen molar-refractivity contribution < 1.29 is 32.2 Å². The summed E-state index contributed by atoms with van der Waals surface area (Å²) in [6, 6.07) is 8.65. The molecule has 8 nitrogen and oxygen atoms in total. The van der Waals surface area contributed by atoms with E-state index in [0.717, 1.165) is 4.31 Å².